The number of nitrogens with two attached hydrogens (primary N) is 1. The minimum absolute atomic E-state index is 0.143. The molecule has 48 valence electrons. The molecular weight excluding hydrogens is 133 g/mol. The fourth-order valence-corrected chi connectivity index (χ4v) is 0.511. The molecule has 2 N–H and O–H groups in total. The second-order valence-electron chi connectivity index (χ2n) is 1.19. The van der Waals surface area contributed by atoms with Gasteiger partial charge in [0.25, 0.3) is 0 Å². The van der Waals surface area contributed by atoms with Crippen molar-refractivity contribution in [3.05, 3.63) is 12.4 Å². The fourth-order valence-electron chi connectivity index (χ4n) is 0.170. The van der Waals surface area contributed by atoms with Gasteiger partial charge in [-0.3, -0.25) is 0 Å². The van der Waals surface area contributed by atoms with Gasteiger partial charge in [-0.25, -0.2) is 17.9 Å². The third-order valence-electron chi connectivity index (χ3n) is 0.418. The Balaban J connectivity index is 3.76. The Hall–Kier alpha value is -0.420. The molecule has 0 saturated heterocycles. The van der Waals surface area contributed by atoms with Gasteiger partial charge in [0.15, 0.2) is 0 Å². The summed E-state index contributed by atoms with van der Waals surface area (Å²) in [5, 5.41) is 4.48. The molecule has 0 atom stereocenters. The first kappa shape index (κ1) is 7.58. The highest BCUT2D eigenvalue weighted by atomic mass is 32.2. The molecule has 0 rings (SSSR count). The average molecular weight is 139 g/mol. The van der Waals surface area contributed by atoms with Crippen LogP contribution in [-0.4, -0.2) is 14.2 Å². The molecule has 0 heterocycles. The summed E-state index contributed by atoms with van der Waals surface area (Å²) in [4.78, 5) is 0. The van der Waals surface area contributed by atoms with Crippen LogP contribution in [0.25, 0.3) is 0 Å². The highest BCUT2D eigenvalue weighted by Gasteiger charge is 1.95. The minimum atomic E-state index is -3.51. The number of rotatable bonds is 2. The second kappa shape index (κ2) is 2.78. The lowest BCUT2D eigenvalue weighted by molar-refractivity contribution is 0.600. The van der Waals surface area contributed by atoms with Crippen LogP contribution in [0.4, 0.5) is 4.39 Å². The Labute approximate surface area is 47.0 Å². The predicted octanol–water partition coefficient (Wildman–Crippen LogP) is -0.242. The van der Waals surface area contributed by atoms with Crippen molar-refractivity contribution in [1.29, 1.82) is 0 Å². The zero-order chi connectivity index (χ0) is 6.62. The Morgan fingerprint density at radius 2 is 2.12 bits per heavy atom. The summed E-state index contributed by atoms with van der Waals surface area (Å²) in [6, 6.07) is 0. The van der Waals surface area contributed by atoms with E-state index in [0.29, 0.717) is 0 Å². The van der Waals surface area contributed by atoms with Gasteiger partial charge >= 0.3 is 0 Å². The van der Waals surface area contributed by atoms with Crippen LogP contribution >= 0.6 is 0 Å². The molecule has 0 aromatic carbocycles. The summed E-state index contributed by atoms with van der Waals surface area (Å²) in [6.07, 6.45) is 0.972. The molecule has 8 heavy (non-hydrogen) atoms. The number of hydrogen-bond acceptors (Lipinski definition) is 2. The molecule has 0 amide bonds. The summed E-state index contributed by atoms with van der Waals surface area (Å²) < 4.78 is 30.9. The minimum Gasteiger partial charge on any atom is -0.228 e. The van der Waals surface area contributed by atoms with Crippen LogP contribution in [0.1, 0.15) is 0 Å². The first-order valence-corrected chi connectivity index (χ1v) is 3.53. The standard InChI is InChI=1S/C3H6FNO2S/c4-2-1-3-8(5,6)7/h1-2H,3H2,(H2,5,6,7). The first-order chi connectivity index (χ1) is 3.56. The van der Waals surface area contributed by atoms with Gasteiger partial charge in [-0.15, -0.1) is 0 Å². The van der Waals surface area contributed by atoms with Crippen LogP contribution in [0.3, 0.4) is 0 Å². The van der Waals surface area contributed by atoms with Crippen molar-refractivity contribution < 1.29 is 12.8 Å². The van der Waals surface area contributed by atoms with Crippen LogP contribution in [0.5, 0.6) is 0 Å². The van der Waals surface area contributed by atoms with E-state index in [1.807, 2.05) is 0 Å². The molecule has 0 bridgehead atoms. The van der Waals surface area contributed by atoms with Gasteiger partial charge < -0.3 is 0 Å². The number of hydrogen-bond donors (Lipinski definition) is 1. The molecule has 0 aromatic rings. The second-order valence-corrected chi connectivity index (χ2v) is 2.85. The van der Waals surface area contributed by atoms with Crippen molar-refractivity contribution in [2.75, 3.05) is 5.75 Å². The van der Waals surface area contributed by atoms with Crippen LogP contribution in [0, 0.1) is 0 Å². The normalized spacial score (nSPS) is 12.8. The SMILES string of the molecule is NS(=O)(=O)CC=CF. The Kier molecular flexibility index (Phi) is 2.64. The molecule has 0 aromatic heterocycles. The van der Waals surface area contributed by atoms with Gasteiger partial charge in [0.2, 0.25) is 10.0 Å². The van der Waals surface area contributed by atoms with Gasteiger partial charge in [-0.05, 0) is 6.08 Å². The van der Waals surface area contributed by atoms with Crippen molar-refractivity contribution in [2.24, 2.45) is 5.14 Å². The van der Waals surface area contributed by atoms with Gasteiger partial charge in [-0.1, -0.05) is 0 Å². The van der Waals surface area contributed by atoms with E-state index in [-0.39, 0.29) is 6.33 Å². The molecule has 0 unspecified atom stereocenters. The fraction of sp³-hybridized carbons (Fsp3) is 0.333. The van der Waals surface area contributed by atoms with Crippen molar-refractivity contribution in [2.45, 2.75) is 0 Å². The summed E-state index contributed by atoms with van der Waals surface area (Å²) in [6.45, 7) is 0. The van der Waals surface area contributed by atoms with Gasteiger partial charge in [0, 0.05) is 0 Å². The lowest BCUT2D eigenvalue weighted by Crippen LogP contribution is -2.14. The average Bonchev–Trinajstić information content (AvgIpc) is 1.59. The smallest absolute Gasteiger partial charge is 0.212 e. The number of sulfonamides is 1. The van der Waals surface area contributed by atoms with Gasteiger partial charge in [0.1, 0.15) is 0 Å². The lowest BCUT2D eigenvalue weighted by atomic mass is 10.7. The zero-order valence-corrected chi connectivity index (χ0v) is 4.86. The molecule has 0 spiro atoms. The molecule has 0 aliphatic rings. The summed E-state index contributed by atoms with van der Waals surface area (Å²) in [5.41, 5.74) is 0. The van der Waals surface area contributed by atoms with Crippen LogP contribution in [0.15, 0.2) is 12.4 Å². The van der Waals surface area contributed by atoms with Crippen molar-refractivity contribution in [3.63, 3.8) is 0 Å². The van der Waals surface area contributed by atoms with E-state index in [1.165, 1.54) is 0 Å². The highest BCUT2D eigenvalue weighted by molar-refractivity contribution is 7.89. The topological polar surface area (TPSA) is 60.2 Å². The largest absolute Gasteiger partial charge is 0.228 e. The van der Waals surface area contributed by atoms with Crippen molar-refractivity contribution in [1.82, 2.24) is 0 Å². The van der Waals surface area contributed by atoms with E-state index < -0.39 is 15.8 Å². The maximum absolute atomic E-state index is 11.0. The van der Waals surface area contributed by atoms with E-state index in [4.69, 9.17) is 0 Å². The first-order valence-electron chi connectivity index (χ1n) is 1.82. The molecule has 0 aliphatic heterocycles. The molecule has 0 fully saturated rings. The van der Waals surface area contributed by atoms with Crippen molar-refractivity contribution >= 4 is 10.0 Å². The maximum Gasteiger partial charge on any atom is 0.212 e. The summed E-state index contributed by atoms with van der Waals surface area (Å²) in [7, 11) is -3.51. The molecule has 0 saturated carbocycles. The van der Waals surface area contributed by atoms with E-state index in [0.717, 1.165) is 6.08 Å². The monoisotopic (exact) mass is 139 g/mol. The predicted molar refractivity (Wildman–Crippen MR) is 28.2 cm³/mol. The summed E-state index contributed by atoms with van der Waals surface area (Å²) >= 11 is 0. The van der Waals surface area contributed by atoms with Crippen molar-refractivity contribution in [3.8, 4) is 0 Å². The highest BCUT2D eigenvalue weighted by Crippen LogP contribution is 1.79. The zero-order valence-electron chi connectivity index (χ0n) is 4.04. The van der Waals surface area contributed by atoms with E-state index >= 15 is 0 Å². The lowest BCUT2D eigenvalue weighted by Gasteiger charge is -1.84. The molecule has 0 radical (unpaired) electrons. The van der Waals surface area contributed by atoms with E-state index in [9.17, 15) is 12.8 Å². The van der Waals surface area contributed by atoms with Gasteiger partial charge in [0.05, 0.1) is 12.1 Å². The third kappa shape index (κ3) is 5.58. The number of primary sulfonamides is 1. The molecular formula is C3H6FNO2S. The van der Waals surface area contributed by atoms with Crippen LogP contribution in [-0.2, 0) is 10.0 Å². The molecule has 5 heteroatoms. The Bertz CT molecular complexity index is 172. The third-order valence-corrected chi connectivity index (χ3v) is 1.07. The maximum atomic E-state index is 11.0. The van der Waals surface area contributed by atoms with E-state index in [1.54, 1.807) is 0 Å². The Morgan fingerprint density at radius 3 is 2.25 bits per heavy atom. The van der Waals surface area contributed by atoms with E-state index in [2.05, 4.69) is 5.14 Å². The molecule has 0 aliphatic carbocycles. The van der Waals surface area contributed by atoms with Gasteiger partial charge in [-0.2, -0.15) is 0 Å². The summed E-state index contributed by atoms with van der Waals surface area (Å²) in [5.74, 6) is -0.441. The quantitative estimate of drug-likeness (QED) is 0.573. The van der Waals surface area contributed by atoms with Crippen LogP contribution in [0.2, 0.25) is 0 Å². The number of halogens is 1. The Morgan fingerprint density at radius 1 is 1.62 bits per heavy atom. The van der Waals surface area contributed by atoms with Crippen LogP contribution < -0.4 is 5.14 Å². The molecule has 3 nitrogen and oxygen atoms in total.